The molecule has 2 aromatic carbocycles. The third-order valence-electron chi connectivity index (χ3n) is 20.0. The summed E-state index contributed by atoms with van der Waals surface area (Å²) < 4.78 is 38.5. The van der Waals surface area contributed by atoms with Crippen molar-refractivity contribution in [3.63, 3.8) is 0 Å². The number of aromatic hydroxyl groups is 1. The second kappa shape index (κ2) is 26.3. The molecule has 6 bridgehead atoms. The van der Waals surface area contributed by atoms with Crippen LogP contribution in [0, 0.1) is 75.9 Å². The maximum Gasteiger partial charge on any atom is 0.347 e. The van der Waals surface area contributed by atoms with Crippen LogP contribution in [-0.2, 0) is 57.2 Å². The Balaban J connectivity index is 0.000000178. The van der Waals surface area contributed by atoms with Gasteiger partial charge in [-0.3, -0.25) is 24.0 Å². The maximum absolute atomic E-state index is 13.7. The van der Waals surface area contributed by atoms with Crippen molar-refractivity contribution >= 4 is 35.8 Å². The Morgan fingerprint density at radius 1 is 0.765 bits per heavy atom. The summed E-state index contributed by atoms with van der Waals surface area (Å²) in [5, 5.41) is 9.45. The molecule has 450 valence electrons. The van der Waals surface area contributed by atoms with Crippen molar-refractivity contribution in [2.75, 3.05) is 13.2 Å². The molecule has 10 rings (SSSR count). The largest absolute Gasteiger partial charge is 0.508 e. The van der Waals surface area contributed by atoms with E-state index in [0.29, 0.717) is 67.1 Å². The van der Waals surface area contributed by atoms with E-state index < -0.39 is 58.2 Å². The number of ether oxygens (including phenoxy) is 7. The molecule has 2 saturated heterocycles. The van der Waals surface area contributed by atoms with E-state index >= 15 is 0 Å². The van der Waals surface area contributed by atoms with Gasteiger partial charge < -0.3 is 38.3 Å². The molecule has 0 spiro atoms. The summed E-state index contributed by atoms with van der Waals surface area (Å²) in [6.45, 7) is 28.4. The van der Waals surface area contributed by atoms with Crippen LogP contribution in [0.1, 0.15) is 210 Å². The van der Waals surface area contributed by atoms with Crippen molar-refractivity contribution in [3.8, 4) is 11.5 Å². The Bertz CT molecular complexity index is 2460. The van der Waals surface area contributed by atoms with Gasteiger partial charge in [-0.2, -0.15) is 0 Å². The molecule has 1 N–H and O–H groups in total. The van der Waals surface area contributed by atoms with Gasteiger partial charge in [0.1, 0.15) is 22.7 Å². The number of phenols is 1. The molecule has 14 nitrogen and oxygen atoms in total. The second-order valence-electron chi connectivity index (χ2n) is 27.1. The third kappa shape index (κ3) is 14.5. The lowest BCUT2D eigenvalue weighted by Crippen LogP contribution is -2.60. The predicted molar refractivity (Wildman–Crippen MR) is 307 cm³/mol. The third-order valence-corrected chi connectivity index (χ3v) is 20.0. The van der Waals surface area contributed by atoms with Crippen molar-refractivity contribution in [2.24, 2.45) is 75.9 Å². The van der Waals surface area contributed by atoms with E-state index in [1.165, 1.54) is 43.2 Å². The number of carbonyl (C=O) groups is 6. The van der Waals surface area contributed by atoms with Gasteiger partial charge in [-0.15, -0.1) is 0 Å². The average Bonchev–Trinajstić information content (AvgIpc) is 4.36. The molecule has 81 heavy (non-hydrogen) atoms. The van der Waals surface area contributed by atoms with Crippen LogP contribution in [0.4, 0.5) is 0 Å². The van der Waals surface area contributed by atoms with E-state index in [1.807, 2.05) is 72.7 Å². The van der Waals surface area contributed by atoms with Crippen molar-refractivity contribution in [1.29, 1.82) is 0 Å². The van der Waals surface area contributed by atoms with E-state index in [9.17, 15) is 33.9 Å². The highest BCUT2D eigenvalue weighted by atomic mass is 16.7. The lowest BCUT2D eigenvalue weighted by atomic mass is 9.49. The number of esters is 6. The summed E-state index contributed by atoms with van der Waals surface area (Å²) in [5.41, 5.74) is 0.0325. The number of fused-ring (bicyclic) bond motifs is 2. The zero-order valence-electron chi connectivity index (χ0n) is 51.3. The van der Waals surface area contributed by atoms with E-state index in [2.05, 4.69) is 39.8 Å². The highest BCUT2D eigenvalue weighted by Crippen LogP contribution is 2.62. The zero-order valence-corrected chi connectivity index (χ0v) is 51.3. The molecule has 12 atom stereocenters. The van der Waals surface area contributed by atoms with Crippen LogP contribution in [0.5, 0.6) is 11.5 Å². The fourth-order valence-electron chi connectivity index (χ4n) is 15.9. The summed E-state index contributed by atoms with van der Waals surface area (Å²) in [5.74, 6) is 2.61. The number of benzene rings is 2. The van der Waals surface area contributed by atoms with E-state index in [4.69, 9.17) is 33.2 Å². The number of rotatable bonds is 20. The number of carbonyl (C=O) groups excluding carboxylic acids is 6. The first-order valence-electron chi connectivity index (χ1n) is 31.0. The van der Waals surface area contributed by atoms with Crippen LogP contribution in [0.3, 0.4) is 0 Å². The van der Waals surface area contributed by atoms with Gasteiger partial charge in [-0.25, -0.2) is 4.79 Å². The summed E-state index contributed by atoms with van der Waals surface area (Å²) in [6, 6.07) is 15.9. The van der Waals surface area contributed by atoms with E-state index in [0.717, 1.165) is 56.1 Å². The van der Waals surface area contributed by atoms with Gasteiger partial charge in [0.25, 0.3) is 0 Å². The minimum absolute atomic E-state index is 0.0558. The molecule has 8 aliphatic rings. The highest BCUT2D eigenvalue weighted by molar-refractivity contribution is 5.96. The van der Waals surface area contributed by atoms with Crippen LogP contribution >= 0.6 is 0 Å². The zero-order chi connectivity index (χ0) is 59.4. The van der Waals surface area contributed by atoms with Gasteiger partial charge in [0, 0.05) is 13.0 Å². The standard InChI is InChI=1S/C26H40O6.C22H30O3.C19H28O5/c1-6-25(5,15-24(3,4)22(28)31-20-8-9-30-21(20)27)23(29)32-26(7-2)18-11-16-10-17(13-18)14-19(26)12-16;1-5-18(15-16(3)19-7-11-21(23)12-8-19)20-9-13-22(14-10-20)25-17(4)24-6-2;1-6-11-10-7-12(13(8-10)17(21)24-19(3,4)5)15(11)14-9(2)16(20)23-18(14)22/h16-20H,6-15H2,1-5H3;7-14,16-18,23H,5-6,15H2,1-4H3;9-15H,6-8H2,1-5H3. The van der Waals surface area contributed by atoms with Gasteiger partial charge in [-0.05, 0) is 227 Å². The molecule has 0 radical (unpaired) electrons. The Hall–Kier alpha value is -4.98. The summed E-state index contributed by atoms with van der Waals surface area (Å²) in [4.78, 5) is 75.1. The number of cyclic esters (lactones) is 3. The van der Waals surface area contributed by atoms with E-state index in [-0.39, 0.29) is 48.2 Å². The topological polar surface area (TPSA) is 187 Å². The van der Waals surface area contributed by atoms with Gasteiger partial charge in [0.2, 0.25) is 6.10 Å². The molecule has 2 aliphatic heterocycles. The van der Waals surface area contributed by atoms with Gasteiger partial charge in [-0.1, -0.05) is 72.2 Å². The lowest BCUT2D eigenvalue weighted by molar-refractivity contribution is -0.220. The molecule has 14 heteroatoms. The molecule has 12 unspecified atom stereocenters. The fourth-order valence-corrected chi connectivity index (χ4v) is 15.9. The first kappa shape index (κ1) is 63.6. The maximum atomic E-state index is 13.7. The Morgan fingerprint density at radius 3 is 1.89 bits per heavy atom. The van der Waals surface area contributed by atoms with Crippen LogP contribution in [0.15, 0.2) is 48.5 Å². The lowest BCUT2D eigenvalue weighted by Gasteiger charge is -2.60. The minimum Gasteiger partial charge on any atom is -0.508 e. The molecule has 0 aromatic heterocycles. The quantitative estimate of drug-likeness (QED) is 0.0571. The van der Waals surface area contributed by atoms with Crippen LogP contribution in [0.2, 0.25) is 0 Å². The van der Waals surface area contributed by atoms with E-state index in [1.54, 1.807) is 32.9 Å². The molecule has 6 saturated carbocycles. The minimum atomic E-state index is -0.921. The van der Waals surface area contributed by atoms with Crippen molar-refractivity contribution < 1.29 is 67.0 Å². The van der Waals surface area contributed by atoms with Crippen molar-refractivity contribution in [1.82, 2.24) is 0 Å². The van der Waals surface area contributed by atoms with Crippen LogP contribution < -0.4 is 4.74 Å². The Kier molecular flexibility index (Phi) is 20.6. The van der Waals surface area contributed by atoms with Gasteiger partial charge in [0.15, 0.2) is 6.29 Å². The first-order chi connectivity index (χ1) is 38.2. The molecule has 6 aliphatic carbocycles. The van der Waals surface area contributed by atoms with Crippen molar-refractivity contribution in [2.45, 2.75) is 222 Å². The molecule has 2 heterocycles. The SMILES string of the molecule is CCC(C)(CC(C)(C)C(=O)OC1CCOC1=O)C(=O)OC1(CC)C2CC3CC(C2)CC1C3.CCC1C2CC(C(=O)OC(C)(C)C)C(C2)C1C1C(=O)OC(=O)C1C.CCOC(C)Oc1ccc(C(CC)CC(C)c2ccc(O)cc2)cc1. The fraction of sp³-hybridized carbons (Fsp3) is 0.731. The highest BCUT2D eigenvalue weighted by Gasteiger charge is 2.62. The number of hydrogen-bond donors (Lipinski definition) is 1. The number of phenolic OH excluding ortho intramolecular Hbond substituents is 1. The van der Waals surface area contributed by atoms with Gasteiger partial charge in [0.05, 0.1) is 35.2 Å². The number of hydrogen-bond acceptors (Lipinski definition) is 14. The summed E-state index contributed by atoms with van der Waals surface area (Å²) >= 11 is 0. The molecular formula is C67H98O14. The normalized spacial score (nSPS) is 31.8. The molecule has 8 fully saturated rings. The Morgan fingerprint density at radius 2 is 1.38 bits per heavy atom. The van der Waals surface area contributed by atoms with Crippen LogP contribution in [-0.4, -0.2) is 77.7 Å². The average molecular weight is 1130 g/mol. The van der Waals surface area contributed by atoms with Crippen LogP contribution in [0.25, 0.3) is 0 Å². The first-order valence-corrected chi connectivity index (χ1v) is 31.0. The monoisotopic (exact) mass is 1130 g/mol. The summed E-state index contributed by atoms with van der Waals surface area (Å²) in [7, 11) is 0. The smallest absolute Gasteiger partial charge is 0.347 e. The molecular weight excluding hydrogens is 1030 g/mol. The summed E-state index contributed by atoms with van der Waals surface area (Å²) in [6.07, 6.45) is 12.1. The Labute approximate surface area is 483 Å². The second-order valence-corrected chi connectivity index (χ2v) is 27.1. The predicted octanol–water partition coefficient (Wildman–Crippen LogP) is 13.6. The van der Waals surface area contributed by atoms with Crippen molar-refractivity contribution in [3.05, 3.63) is 59.7 Å². The molecule has 0 amide bonds. The molecule has 2 aromatic rings. The van der Waals surface area contributed by atoms with Gasteiger partial charge >= 0.3 is 35.8 Å².